The highest BCUT2D eigenvalue weighted by molar-refractivity contribution is 8.18. The number of carboxylic acid groups (broad SMARTS) is 1. The fourth-order valence-electron chi connectivity index (χ4n) is 2.44. The fourth-order valence-corrected chi connectivity index (χ4v) is 4.34. The number of hydrogen-bond donors (Lipinski definition) is 1. The van der Waals surface area contributed by atoms with Crippen LogP contribution in [0.2, 0.25) is 0 Å². The van der Waals surface area contributed by atoms with E-state index in [1.165, 1.54) is 0 Å². The van der Waals surface area contributed by atoms with Crippen molar-refractivity contribution >= 4 is 46.3 Å². The molecule has 0 aliphatic carbocycles. The summed E-state index contributed by atoms with van der Waals surface area (Å²) < 4.78 is 0. The second kappa shape index (κ2) is 6.74. The molecule has 8 heteroatoms. The number of allylic oxidation sites excluding steroid dienone is 2. The first-order chi connectivity index (χ1) is 11.5. The van der Waals surface area contributed by atoms with Gasteiger partial charge in [-0.15, -0.1) is 0 Å². The molecule has 0 atom stereocenters. The zero-order valence-corrected chi connectivity index (χ0v) is 14.4. The number of benzene rings is 1. The van der Waals surface area contributed by atoms with Gasteiger partial charge in [0.05, 0.1) is 15.6 Å². The van der Waals surface area contributed by atoms with E-state index >= 15 is 0 Å². The molecule has 0 saturated carbocycles. The molecule has 0 unspecified atom stereocenters. The number of rotatable bonds is 4. The van der Waals surface area contributed by atoms with Crippen LogP contribution in [0.4, 0.5) is 10.5 Å². The largest absolute Gasteiger partial charge is 0.480 e. The topological polar surface area (TPSA) is 77.9 Å². The third-order valence-electron chi connectivity index (χ3n) is 3.50. The molecule has 0 aromatic heterocycles. The maximum absolute atomic E-state index is 12.1. The van der Waals surface area contributed by atoms with Crippen molar-refractivity contribution in [3.05, 3.63) is 46.4 Å². The summed E-state index contributed by atoms with van der Waals surface area (Å²) in [7, 11) is 0. The Morgan fingerprint density at radius 3 is 2.62 bits per heavy atom. The minimum Gasteiger partial charge on any atom is -0.480 e. The SMILES string of the molecule is CCN1/C(=C\C=C2\SC(=O)N(CC(=O)O)C2=O)Sc2ccccc21. The summed E-state index contributed by atoms with van der Waals surface area (Å²) in [6.07, 6.45) is 3.38. The number of carboxylic acids is 1. The first kappa shape index (κ1) is 16.7. The maximum atomic E-state index is 12.1. The number of para-hydroxylation sites is 1. The van der Waals surface area contributed by atoms with Gasteiger partial charge in [-0.2, -0.15) is 0 Å². The minimum atomic E-state index is -1.21. The Kier molecular flexibility index (Phi) is 4.68. The van der Waals surface area contributed by atoms with Crippen LogP contribution in [0.5, 0.6) is 0 Å². The lowest BCUT2D eigenvalue weighted by Gasteiger charge is -2.17. The monoisotopic (exact) mass is 362 g/mol. The highest BCUT2D eigenvalue weighted by Gasteiger charge is 2.36. The van der Waals surface area contributed by atoms with Gasteiger partial charge in [0.15, 0.2) is 0 Å². The summed E-state index contributed by atoms with van der Waals surface area (Å²) in [5.74, 6) is -1.77. The Morgan fingerprint density at radius 1 is 1.17 bits per heavy atom. The van der Waals surface area contributed by atoms with Crippen molar-refractivity contribution in [2.75, 3.05) is 18.0 Å². The zero-order chi connectivity index (χ0) is 17.3. The van der Waals surface area contributed by atoms with E-state index in [1.54, 1.807) is 23.9 Å². The fraction of sp³-hybridized carbons (Fsp3) is 0.188. The molecule has 2 aliphatic rings. The van der Waals surface area contributed by atoms with E-state index in [0.29, 0.717) is 0 Å². The number of amides is 2. The number of aliphatic carboxylic acids is 1. The first-order valence-corrected chi connectivity index (χ1v) is 8.86. The van der Waals surface area contributed by atoms with Crippen molar-refractivity contribution < 1.29 is 19.5 Å². The molecule has 1 aromatic carbocycles. The molecule has 0 radical (unpaired) electrons. The summed E-state index contributed by atoms with van der Waals surface area (Å²) in [5, 5.41) is 9.18. The van der Waals surface area contributed by atoms with Crippen molar-refractivity contribution in [2.45, 2.75) is 11.8 Å². The van der Waals surface area contributed by atoms with Gasteiger partial charge >= 0.3 is 5.97 Å². The van der Waals surface area contributed by atoms with Crippen LogP contribution in [0.3, 0.4) is 0 Å². The smallest absolute Gasteiger partial charge is 0.323 e. The van der Waals surface area contributed by atoms with E-state index in [2.05, 4.69) is 4.90 Å². The number of carbonyl (C=O) groups excluding carboxylic acids is 2. The average Bonchev–Trinajstić information content (AvgIpc) is 3.04. The molecular weight excluding hydrogens is 348 g/mol. The normalized spacial score (nSPS) is 20.4. The molecule has 1 fully saturated rings. The summed E-state index contributed by atoms with van der Waals surface area (Å²) in [5.41, 5.74) is 1.11. The Bertz CT molecular complexity index is 788. The third kappa shape index (κ3) is 3.07. The molecule has 124 valence electrons. The van der Waals surface area contributed by atoms with Gasteiger partial charge in [0.2, 0.25) is 0 Å². The first-order valence-electron chi connectivity index (χ1n) is 7.23. The van der Waals surface area contributed by atoms with Crippen LogP contribution in [0.25, 0.3) is 0 Å². The average molecular weight is 362 g/mol. The number of anilines is 1. The number of imide groups is 1. The molecule has 1 aromatic rings. The Morgan fingerprint density at radius 2 is 1.92 bits per heavy atom. The lowest BCUT2D eigenvalue weighted by atomic mass is 10.3. The highest BCUT2D eigenvalue weighted by atomic mass is 32.2. The highest BCUT2D eigenvalue weighted by Crippen LogP contribution is 2.45. The molecule has 1 saturated heterocycles. The van der Waals surface area contributed by atoms with Crippen LogP contribution < -0.4 is 4.90 Å². The van der Waals surface area contributed by atoms with Crippen LogP contribution in [0.1, 0.15) is 6.92 Å². The van der Waals surface area contributed by atoms with Gasteiger partial charge in [0, 0.05) is 11.4 Å². The van der Waals surface area contributed by atoms with E-state index in [0.717, 1.165) is 38.8 Å². The molecule has 0 bridgehead atoms. The van der Waals surface area contributed by atoms with Crippen molar-refractivity contribution in [1.82, 2.24) is 4.90 Å². The van der Waals surface area contributed by atoms with Crippen molar-refractivity contribution in [3.8, 4) is 0 Å². The third-order valence-corrected chi connectivity index (χ3v) is 5.55. The molecule has 2 amide bonds. The molecule has 0 spiro atoms. The Labute approximate surface area is 147 Å². The van der Waals surface area contributed by atoms with Crippen molar-refractivity contribution in [3.63, 3.8) is 0 Å². The molecular formula is C16H14N2O4S2. The molecule has 24 heavy (non-hydrogen) atoms. The van der Waals surface area contributed by atoms with Crippen LogP contribution in [-0.2, 0) is 9.59 Å². The molecule has 3 rings (SSSR count). The summed E-state index contributed by atoms with van der Waals surface area (Å²) in [6, 6.07) is 8.01. The summed E-state index contributed by atoms with van der Waals surface area (Å²) in [6.45, 7) is 2.21. The zero-order valence-electron chi connectivity index (χ0n) is 12.8. The second-order valence-electron chi connectivity index (χ2n) is 5.00. The Balaban J connectivity index is 1.83. The number of nitrogens with zero attached hydrogens (tertiary/aromatic N) is 2. The summed E-state index contributed by atoms with van der Waals surface area (Å²) >= 11 is 2.36. The molecule has 6 nitrogen and oxygen atoms in total. The van der Waals surface area contributed by atoms with Crippen molar-refractivity contribution in [1.29, 1.82) is 0 Å². The number of thioether (sulfide) groups is 2. The molecule has 1 N–H and O–H groups in total. The van der Waals surface area contributed by atoms with Gasteiger partial charge in [-0.05, 0) is 43.0 Å². The standard InChI is InChI=1S/C16H14N2O4S2/c1-2-17-10-5-3-4-6-11(10)23-13(17)8-7-12-15(21)18(9-14(19)20)16(22)24-12/h3-8H,2,9H2,1H3,(H,19,20)/b12-7+,13-8+. The van der Waals surface area contributed by atoms with E-state index < -0.39 is 23.7 Å². The van der Waals surface area contributed by atoms with Gasteiger partial charge in [0.1, 0.15) is 6.54 Å². The van der Waals surface area contributed by atoms with Crippen LogP contribution in [-0.4, -0.2) is 40.2 Å². The van der Waals surface area contributed by atoms with E-state index in [1.807, 2.05) is 31.2 Å². The maximum Gasteiger partial charge on any atom is 0.323 e. The van der Waals surface area contributed by atoms with Gasteiger partial charge < -0.3 is 10.0 Å². The minimum absolute atomic E-state index is 0.237. The number of carbonyl (C=O) groups is 3. The van der Waals surface area contributed by atoms with Crippen LogP contribution >= 0.6 is 23.5 Å². The van der Waals surface area contributed by atoms with Gasteiger partial charge in [-0.25, -0.2) is 0 Å². The second-order valence-corrected chi connectivity index (χ2v) is 7.06. The predicted molar refractivity (Wildman–Crippen MR) is 93.8 cm³/mol. The lowest BCUT2D eigenvalue weighted by molar-refractivity contribution is -0.140. The van der Waals surface area contributed by atoms with E-state index in [9.17, 15) is 14.4 Å². The van der Waals surface area contributed by atoms with Gasteiger partial charge in [-0.1, -0.05) is 23.9 Å². The Hall–Kier alpha value is -2.19. The van der Waals surface area contributed by atoms with Gasteiger partial charge in [-0.3, -0.25) is 19.3 Å². The number of fused-ring (bicyclic) bond motifs is 1. The van der Waals surface area contributed by atoms with Crippen LogP contribution in [0, 0.1) is 0 Å². The predicted octanol–water partition coefficient (Wildman–Crippen LogP) is 3.12. The summed E-state index contributed by atoms with van der Waals surface area (Å²) in [4.78, 5) is 38.9. The van der Waals surface area contributed by atoms with Crippen LogP contribution in [0.15, 0.2) is 51.2 Å². The number of hydrogen-bond acceptors (Lipinski definition) is 6. The van der Waals surface area contributed by atoms with Crippen molar-refractivity contribution in [2.24, 2.45) is 0 Å². The lowest BCUT2D eigenvalue weighted by Crippen LogP contribution is -2.33. The quantitative estimate of drug-likeness (QED) is 0.825. The van der Waals surface area contributed by atoms with E-state index in [-0.39, 0.29) is 4.91 Å². The molecule has 2 aliphatic heterocycles. The molecule has 2 heterocycles. The van der Waals surface area contributed by atoms with E-state index in [4.69, 9.17) is 5.11 Å². The van der Waals surface area contributed by atoms with Gasteiger partial charge in [0.25, 0.3) is 11.1 Å².